The molecule has 0 saturated heterocycles. The minimum atomic E-state index is -0.582. The highest BCUT2D eigenvalue weighted by Gasteiger charge is 2.34. The molecule has 2 amide bonds. The Morgan fingerprint density at radius 2 is 1.87 bits per heavy atom. The molecule has 4 rings (SSSR count). The summed E-state index contributed by atoms with van der Waals surface area (Å²) in [7, 11) is 0. The van der Waals surface area contributed by atoms with Crippen molar-refractivity contribution in [1.29, 1.82) is 0 Å². The average molecular weight is 306 g/mol. The maximum atomic E-state index is 12.3. The normalized spacial score (nSPS) is 16.2. The Balaban J connectivity index is 1.60. The molecule has 1 aromatic heterocycles. The third kappa shape index (κ3) is 2.34. The molecule has 23 heavy (non-hydrogen) atoms. The second-order valence-electron chi connectivity index (χ2n) is 5.42. The zero-order valence-corrected chi connectivity index (χ0v) is 12.2. The molecule has 1 atom stereocenters. The fraction of sp³-hybridized carbons (Fsp3) is 0.118. The van der Waals surface area contributed by atoms with Crippen molar-refractivity contribution in [2.75, 3.05) is 10.6 Å². The standard InChI is InChI=1S/C17H14N4O2/c22-15(18-11-6-2-1-3-7-11)10-14-16(23)20-17-19-12-8-4-5-9-13(12)21(14)17/h1-9,14H,10H2,(H,18,22)(H,19,20,23)/t14-/m0/s1. The van der Waals surface area contributed by atoms with Crippen LogP contribution in [0.3, 0.4) is 0 Å². The summed E-state index contributed by atoms with van der Waals surface area (Å²) in [5.41, 5.74) is 2.36. The Bertz CT molecular complexity index is 901. The topological polar surface area (TPSA) is 76.0 Å². The maximum Gasteiger partial charge on any atom is 0.250 e. The summed E-state index contributed by atoms with van der Waals surface area (Å²) in [5, 5.41) is 5.55. The molecule has 0 aliphatic carbocycles. The van der Waals surface area contributed by atoms with Gasteiger partial charge in [0.25, 0.3) is 0 Å². The smallest absolute Gasteiger partial charge is 0.250 e. The van der Waals surface area contributed by atoms with Crippen molar-refractivity contribution in [3.63, 3.8) is 0 Å². The van der Waals surface area contributed by atoms with E-state index in [0.29, 0.717) is 11.6 Å². The number of rotatable bonds is 3. The number of carbonyl (C=O) groups is 2. The molecule has 2 heterocycles. The summed E-state index contributed by atoms with van der Waals surface area (Å²) < 4.78 is 1.79. The predicted molar refractivity (Wildman–Crippen MR) is 87.1 cm³/mol. The molecule has 6 nitrogen and oxygen atoms in total. The number of benzene rings is 2. The molecule has 0 unspecified atom stereocenters. The van der Waals surface area contributed by atoms with Crippen LogP contribution >= 0.6 is 0 Å². The second kappa shape index (κ2) is 5.24. The lowest BCUT2D eigenvalue weighted by Gasteiger charge is -2.11. The summed E-state index contributed by atoms with van der Waals surface area (Å²) >= 11 is 0. The minimum absolute atomic E-state index is 0.0636. The maximum absolute atomic E-state index is 12.3. The van der Waals surface area contributed by atoms with E-state index in [1.54, 1.807) is 4.57 Å². The van der Waals surface area contributed by atoms with Crippen LogP contribution in [-0.4, -0.2) is 21.4 Å². The van der Waals surface area contributed by atoms with Crippen molar-refractivity contribution in [3.8, 4) is 0 Å². The Labute approximate surface area is 132 Å². The highest BCUT2D eigenvalue weighted by atomic mass is 16.2. The monoisotopic (exact) mass is 306 g/mol. The van der Waals surface area contributed by atoms with Crippen molar-refractivity contribution in [2.45, 2.75) is 12.5 Å². The number of imidazole rings is 1. The molecule has 2 aromatic carbocycles. The van der Waals surface area contributed by atoms with Gasteiger partial charge in [0.1, 0.15) is 6.04 Å². The summed E-state index contributed by atoms with van der Waals surface area (Å²) in [6.07, 6.45) is 0.0636. The first kappa shape index (κ1) is 13.5. The number of para-hydroxylation sites is 3. The van der Waals surface area contributed by atoms with Gasteiger partial charge in [0.2, 0.25) is 17.8 Å². The molecule has 6 heteroatoms. The molecule has 1 aliphatic heterocycles. The van der Waals surface area contributed by atoms with Gasteiger partial charge in [-0.1, -0.05) is 30.3 Å². The SMILES string of the molecule is O=C(C[C@H]1C(=O)Nc2nc3ccccc3n21)Nc1ccccc1. The molecule has 1 aliphatic rings. The average Bonchev–Trinajstić information content (AvgIpc) is 3.04. The van der Waals surface area contributed by atoms with E-state index in [2.05, 4.69) is 15.6 Å². The molecule has 0 spiro atoms. The molecular formula is C17H14N4O2. The van der Waals surface area contributed by atoms with Crippen LogP contribution in [0.1, 0.15) is 12.5 Å². The van der Waals surface area contributed by atoms with E-state index in [4.69, 9.17) is 0 Å². The summed E-state index contributed by atoms with van der Waals surface area (Å²) in [6, 6.07) is 16.2. The predicted octanol–water partition coefficient (Wildman–Crippen LogP) is 2.56. The molecule has 0 bridgehead atoms. The fourth-order valence-corrected chi connectivity index (χ4v) is 2.85. The van der Waals surface area contributed by atoms with Crippen molar-refractivity contribution in [3.05, 3.63) is 54.6 Å². The molecule has 0 saturated carbocycles. The van der Waals surface area contributed by atoms with Gasteiger partial charge in [-0.25, -0.2) is 4.98 Å². The Morgan fingerprint density at radius 3 is 2.70 bits per heavy atom. The van der Waals surface area contributed by atoms with E-state index in [-0.39, 0.29) is 18.2 Å². The van der Waals surface area contributed by atoms with E-state index in [1.807, 2.05) is 54.6 Å². The molecule has 2 N–H and O–H groups in total. The number of anilines is 2. The number of hydrogen-bond acceptors (Lipinski definition) is 3. The van der Waals surface area contributed by atoms with Gasteiger partial charge >= 0.3 is 0 Å². The van der Waals surface area contributed by atoms with Crippen LogP contribution < -0.4 is 10.6 Å². The second-order valence-corrected chi connectivity index (χ2v) is 5.42. The van der Waals surface area contributed by atoms with Crippen LogP contribution in [-0.2, 0) is 9.59 Å². The van der Waals surface area contributed by atoms with Crippen LogP contribution in [0.4, 0.5) is 11.6 Å². The first-order valence-corrected chi connectivity index (χ1v) is 7.35. The van der Waals surface area contributed by atoms with Crippen molar-refractivity contribution in [1.82, 2.24) is 9.55 Å². The Hall–Kier alpha value is -3.15. The highest BCUT2D eigenvalue weighted by molar-refractivity contribution is 6.03. The van der Waals surface area contributed by atoms with Crippen LogP contribution in [0.15, 0.2) is 54.6 Å². The number of carbonyl (C=O) groups excluding carboxylic acids is 2. The van der Waals surface area contributed by atoms with Gasteiger partial charge in [-0.15, -0.1) is 0 Å². The molecule has 114 valence electrons. The number of nitrogens with zero attached hydrogens (tertiary/aromatic N) is 2. The van der Waals surface area contributed by atoms with Crippen molar-refractivity contribution < 1.29 is 9.59 Å². The lowest BCUT2D eigenvalue weighted by atomic mass is 10.1. The third-order valence-electron chi connectivity index (χ3n) is 3.88. The van der Waals surface area contributed by atoms with Gasteiger partial charge < -0.3 is 5.32 Å². The molecule has 0 fully saturated rings. The number of fused-ring (bicyclic) bond motifs is 3. The number of amides is 2. The number of hydrogen-bond donors (Lipinski definition) is 2. The quantitative estimate of drug-likeness (QED) is 0.781. The van der Waals surface area contributed by atoms with Gasteiger partial charge in [0, 0.05) is 5.69 Å². The summed E-state index contributed by atoms with van der Waals surface area (Å²) in [6.45, 7) is 0. The molecular weight excluding hydrogens is 292 g/mol. The van der Waals surface area contributed by atoms with Crippen LogP contribution in [0.5, 0.6) is 0 Å². The molecule has 0 radical (unpaired) electrons. The highest BCUT2D eigenvalue weighted by Crippen LogP contribution is 2.32. The lowest BCUT2D eigenvalue weighted by molar-refractivity contribution is -0.123. The Kier molecular flexibility index (Phi) is 3.08. The Morgan fingerprint density at radius 1 is 1.13 bits per heavy atom. The number of nitrogens with one attached hydrogen (secondary N) is 2. The van der Waals surface area contributed by atoms with Crippen molar-refractivity contribution in [2.24, 2.45) is 0 Å². The largest absolute Gasteiger partial charge is 0.326 e. The minimum Gasteiger partial charge on any atom is -0.326 e. The zero-order chi connectivity index (χ0) is 15.8. The van der Waals surface area contributed by atoms with Crippen molar-refractivity contribution >= 4 is 34.5 Å². The first-order valence-electron chi connectivity index (χ1n) is 7.35. The van der Waals surface area contributed by atoms with E-state index >= 15 is 0 Å². The zero-order valence-electron chi connectivity index (χ0n) is 12.2. The van der Waals surface area contributed by atoms with Gasteiger partial charge in [-0.3, -0.25) is 19.5 Å². The fourth-order valence-electron chi connectivity index (χ4n) is 2.85. The van der Waals surface area contributed by atoms with E-state index in [0.717, 1.165) is 11.0 Å². The summed E-state index contributed by atoms with van der Waals surface area (Å²) in [4.78, 5) is 28.8. The third-order valence-corrected chi connectivity index (χ3v) is 3.88. The van der Waals surface area contributed by atoms with Gasteiger partial charge in [-0.05, 0) is 24.3 Å². The van der Waals surface area contributed by atoms with Gasteiger partial charge in [-0.2, -0.15) is 0 Å². The van der Waals surface area contributed by atoms with Crippen LogP contribution in [0, 0.1) is 0 Å². The van der Waals surface area contributed by atoms with Gasteiger partial charge in [0.15, 0.2) is 0 Å². The van der Waals surface area contributed by atoms with E-state index in [9.17, 15) is 9.59 Å². The van der Waals surface area contributed by atoms with Crippen LogP contribution in [0.25, 0.3) is 11.0 Å². The molecule has 3 aromatic rings. The lowest BCUT2D eigenvalue weighted by Crippen LogP contribution is -2.23. The number of aromatic nitrogens is 2. The van der Waals surface area contributed by atoms with Gasteiger partial charge in [0.05, 0.1) is 17.5 Å². The van der Waals surface area contributed by atoms with E-state index in [1.165, 1.54) is 0 Å². The first-order chi connectivity index (χ1) is 11.2. The summed E-state index contributed by atoms with van der Waals surface area (Å²) in [5.74, 6) is 0.0807. The van der Waals surface area contributed by atoms with E-state index < -0.39 is 6.04 Å². The van der Waals surface area contributed by atoms with Crippen LogP contribution in [0.2, 0.25) is 0 Å².